The molecule has 0 fully saturated rings. The van der Waals surface area contributed by atoms with Crippen LogP contribution in [0.25, 0.3) is 0 Å². The summed E-state index contributed by atoms with van der Waals surface area (Å²) in [6.45, 7) is 0. The maximum atomic E-state index is 13.7. The third kappa shape index (κ3) is 2.60. The summed E-state index contributed by atoms with van der Waals surface area (Å²) in [5, 5.41) is 0.878. The molecule has 17 heavy (non-hydrogen) atoms. The molecule has 0 heterocycles. The van der Waals surface area contributed by atoms with Crippen LogP contribution >= 0.6 is 23.2 Å². The van der Waals surface area contributed by atoms with Gasteiger partial charge in [-0.05, 0) is 29.8 Å². The van der Waals surface area contributed by atoms with E-state index in [0.29, 0.717) is 10.0 Å². The Balaban J connectivity index is 2.47. The Hall–Kier alpha value is -1.09. The van der Waals surface area contributed by atoms with Gasteiger partial charge in [-0.1, -0.05) is 41.4 Å². The first-order chi connectivity index (χ1) is 8.09. The molecule has 1 nitrogen and oxygen atoms in total. The molecule has 2 aromatic rings. The number of nitrogens with two attached hydrogens (primary N) is 1. The topological polar surface area (TPSA) is 26.0 Å². The molecule has 4 heteroatoms. The van der Waals surface area contributed by atoms with E-state index >= 15 is 0 Å². The number of hydrogen-bond acceptors (Lipinski definition) is 1. The Morgan fingerprint density at radius 3 is 2.41 bits per heavy atom. The van der Waals surface area contributed by atoms with E-state index in [2.05, 4.69) is 0 Å². The van der Waals surface area contributed by atoms with Crippen molar-refractivity contribution in [3.05, 3.63) is 69.5 Å². The quantitative estimate of drug-likeness (QED) is 0.870. The van der Waals surface area contributed by atoms with Crippen LogP contribution < -0.4 is 5.73 Å². The molecule has 0 aliphatic rings. The van der Waals surface area contributed by atoms with E-state index < -0.39 is 11.9 Å². The van der Waals surface area contributed by atoms with Crippen LogP contribution in [-0.4, -0.2) is 0 Å². The van der Waals surface area contributed by atoms with Gasteiger partial charge in [-0.2, -0.15) is 0 Å². The first-order valence-corrected chi connectivity index (χ1v) is 5.80. The van der Waals surface area contributed by atoms with E-state index in [-0.39, 0.29) is 5.56 Å². The van der Waals surface area contributed by atoms with E-state index in [1.54, 1.807) is 36.4 Å². The van der Waals surface area contributed by atoms with Crippen LogP contribution in [0.3, 0.4) is 0 Å². The zero-order valence-corrected chi connectivity index (χ0v) is 10.3. The molecule has 0 bridgehead atoms. The molecule has 0 aliphatic heterocycles. The fourth-order valence-electron chi connectivity index (χ4n) is 1.67. The zero-order chi connectivity index (χ0) is 12.4. The lowest BCUT2D eigenvalue weighted by Crippen LogP contribution is -2.14. The highest BCUT2D eigenvalue weighted by Gasteiger charge is 2.16. The molecule has 2 rings (SSSR count). The summed E-state index contributed by atoms with van der Waals surface area (Å²) in [6.07, 6.45) is 0. The minimum Gasteiger partial charge on any atom is -0.320 e. The molecule has 0 radical (unpaired) electrons. The van der Waals surface area contributed by atoms with Crippen molar-refractivity contribution in [2.75, 3.05) is 0 Å². The van der Waals surface area contributed by atoms with Gasteiger partial charge in [0.2, 0.25) is 0 Å². The van der Waals surface area contributed by atoms with Crippen LogP contribution in [0.2, 0.25) is 10.0 Å². The highest BCUT2D eigenvalue weighted by atomic mass is 35.5. The SMILES string of the molecule is NC(c1cccc(Cl)c1)c1c(F)cccc1Cl. The largest absolute Gasteiger partial charge is 0.320 e. The van der Waals surface area contributed by atoms with Crippen LogP contribution in [0.1, 0.15) is 17.2 Å². The Morgan fingerprint density at radius 1 is 1.06 bits per heavy atom. The van der Waals surface area contributed by atoms with Gasteiger partial charge in [0.1, 0.15) is 5.82 Å². The monoisotopic (exact) mass is 269 g/mol. The molecular formula is C13H10Cl2FN. The molecule has 1 unspecified atom stereocenters. The first kappa shape index (κ1) is 12.4. The fraction of sp³-hybridized carbons (Fsp3) is 0.0769. The molecule has 0 spiro atoms. The van der Waals surface area contributed by atoms with Gasteiger partial charge in [0.25, 0.3) is 0 Å². The molecule has 0 aromatic heterocycles. The molecule has 2 aromatic carbocycles. The van der Waals surface area contributed by atoms with Gasteiger partial charge in [-0.3, -0.25) is 0 Å². The average molecular weight is 270 g/mol. The second-order valence-corrected chi connectivity index (χ2v) is 4.51. The predicted molar refractivity (Wildman–Crippen MR) is 68.9 cm³/mol. The fourth-order valence-corrected chi connectivity index (χ4v) is 2.15. The summed E-state index contributed by atoms with van der Waals surface area (Å²) in [5.41, 5.74) is 7.02. The van der Waals surface area contributed by atoms with Gasteiger partial charge >= 0.3 is 0 Å². The molecule has 0 saturated heterocycles. The maximum absolute atomic E-state index is 13.7. The lowest BCUT2D eigenvalue weighted by atomic mass is 9.99. The molecule has 0 amide bonds. The van der Waals surface area contributed by atoms with Crippen molar-refractivity contribution in [3.8, 4) is 0 Å². The number of benzene rings is 2. The van der Waals surface area contributed by atoms with Crippen LogP contribution in [0.5, 0.6) is 0 Å². The van der Waals surface area contributed by atoms with Gasteiger partial charge < -0.3 is 5.73 Å². The summed E-state index contributed by atoms with van der Waals surface area (Å²) in [4.78, 5) is 0. The second kappa shape index (κ2) is 5.05. The van der Waals surface area contributed by atoms with Crippen LogP contribution in [0, 0.1) is 5.82 Å². The maximum Gasteiger partial charge on any atom is 0.129 e. The van der Waals surface area contributed by atoms with Crippen LogP contribution in [-0.2, 0) is 0 Å². The van der Waals surface area contributed by atoms with Crippen molar-refractivity contribution in [1.82, 2.24) is 0 Å². The van der Waals surface area contributed by atoms with Crippen LogP contribution in [0.4, 0.5) is 4.39 Å². The Labute approximate surface area is 109 Å². The molecular weight excluding hydrogens is 260 g/mol. The van der Waals surface area contributed by atoms with Crippen molar-refractivity contribution >= 4 is 23.2 Å². The Kier molecular flexibility index (Phi) is 3.67. The number of halogens is 3. The first-order valence-electron chi connectivity index (χ1n) is 5.04. The normalized spacial score (nSPS) is 12.5. The number of rotatable bonds is 2. The molecule has 2 N–H and O–H groups in total. The molecule has 88 valence electrons. The predicted octanol–water partition coefficient (Wildman–Crippen LogP) is 4.18. The molecule has 0 saturated carbocycles. The van der Waals surface area contributed by atoms with Gasteiger partial charge in [-0.25, -0.2) is 4.39 Å². The van der Waals surface area contributed by atoms with Crippen molar-refractivity contribution in [2.24, 2.45) is 5.73 Å². The minimum atomic E-state index is -0.623. The minimum absolute atomic E-state index is 0.288. The number of hydrogen-bond donors (Lipinski definition) is 1. The van der Waals surface area contributed by atoms with Gasteiger partial charge in [-0.15, -0.1) is 0 Å². The summed E-state index contributed by atoms with van der Waals surface area (Å²) < 4.78 is 13.7. The van der Waals surface area contributed by atoms with Crippen LogP contribution in [0.15, 0.2) is 42.5 Å². The van der Waals surface area contributed by atoms with Crippen molar-refractivity contribution < 1.29 is 4.39 Å². The van der Waals surface area contributed by atoms with E-state index in [4.69, 9.17) is 28.9 Å². The molecule has 0 aliphatic carbocycles. The molecule has 1 atom stereocenters. The summed E-state index contributed by atoms with van der Waals surface area (Å²) in [5.74, 6) is -0.412. The standard InChI is InChI=1S/C13H10Cl2FN/c14-9-4-1-3-8(7-9)13(17)12-10(15)5-2-6-11(12)16/h1-7,13H,17H2. The van der Waals surface area contributed by atoms with Crippen molar-refractivity contribution in [1.29, 1.82) is 0 Å². The lowest BCUT2D eigenvalue weighted by Gasteiger charge is -2.15. The van der Waals surface area contributed by atoms with Crippen molar-refractivity contribution in [2.45, 2.75) is 6.04 Å². The third-order valence-electron chi connectivity index (χ3n) is 2.52. The van der Waals surface area contributed by atoms with E-state index in [0.717, 1.165) is 5.56 Å². The average Bonchev–Trinajstić information content (AvgIpc) is 2.28. The van der Waals surface area contributed by atoms with E-state index in [9.17, 15) is 4.39 Å². The second-order valence-electron chi connectivity index (χ2n) is 3.67. The summed E-state index contributed by atoms with van der Waals surface area (Å²) >= 11 is 11.8. The van der Waals surface area contributed by atoms with E-state index in [1.165, 1.54) is 6.07 Å². The zero-order valence-electron chi connectivity index (χ0n) is 8.83. The van der Waals surface area contributed by atoms with Crippen molar-refractivity contribution in [3.63, 3.8) is 0 Å². The third-order valence-corrected chi connectivity index (χ3v) is 3.08. The Morgan fingerprint density at radius 2 is 1.76 bits per heavy atom. The lowest BCUT2D eigenvalue weighted by molar-refractivity contribution is 0.600. The summed E-state index contributed by atoms with van der Waals surface area (Å²) in [7, 11) is 0. The Bertz CT molecular complexity index is 522. The van der Waals surface area contributed by atoms with E-state index in [1.807, 2.05) is 0 Å². The van der Waals surface area contributed by atoms with Gasteiger partial charge in [0, 0.05) is 15.6 Å². The van der Waals surface area contributed by atoms with Gasteiger partial charge in [0.05, 0.1) is 6.04 Å². The highest BCUT2D eigenvalue weighted by molar-refractivity contribution is 6.31. The summed E-state index contributed by atoms with van der Waals surface area (Å²) in [6, 6.07) is 10.9. The van der Waals surface area contributed by atoms with Gasteiger partial charge in [0.15, 0.2) is 0 Å². The smallest absolute Gasteiger partial charge is 0.129 e. The highest BCUT2D eigenvalue weighted by Crippen LogP contribution is 2.29.